The molecule has 3 N–H and O–H groups in total. The molecule has 0 bridgehead atoms. The van der Waals surface area contributed by atoms with Crippen LogP contribution in [0.5, 0.6) is 11.5 Å². The average molecular weight is 361 g/mol. The number of carbonyl (C=O) groups excluding carboxylic acids is 1. The number of hydrogen-bond acceptors (Lipinski definition) is 6. The van der Waals surface area contributed by atoms with E-state index in [-0.39, 0.29) is 18.4 Å². The van der Waals surface area contributed by atoms with E-state index in [1.165, 1.54) is 24.2 Å². The summed E-state index contributed by atoms with van der Waals surface area (Å²) in [5.41, 5.74) is 7.69. The molecule has 0 spiro atoms. The van der Waals surface area contributed by atoms with E-state index in [2.05, 4.69) is 10.3 Å². The van der Waals surface area contributed by atoms with Gasteiger partial charge < -0.3 is 20.5 Å². The van der Waals surface area contributed by atoms with Crippen molar-refractivity contribution in [3.63, 3.8) is 0 Å². The number of hydrogen-bond donors (Lipinski definition) is 2. The van der Waals surface area contributed by atoms with Gasteiger partial charge in [-0.25, -0.2) is 4.98 Å². The summed E-state index contributed by atoms with van der Waals surface area (Å²) in [6, 6.07) is 5.73. The van der Waals surface area contributed by atoms with Crippen LogP contribution < -0.4 is 20.5 Å². The van der Waals surface area contributed by atoms with Crippen molar-refractivity contribution in [1.29, 1.82) is 0 Å². The fourth-order valence-electron chi connectivity index (χ4n) is 2.64. The second-order valence-corrected chi connectivity index (χ2v) is 7.05. The SMILES string of the molecule is COc1ccc(-c2nc(CC(=O)NCC(N)C3CC3)cs2)cc1OC. The lowest BCUT2D eigenvalue weighted by atomic mass is 10.2. The van der Waals surface area contributed by atoms with Crippen LogP contribution in [-0.2, 0) is 11.2 Å². The number of benzene rings is 1. The Hall–Kier alpha value is -2.12. The first-order chi connectivity index (χ1) is 12.1. The minimum atomic E-state index is -0.0414. The Morgan fingerprint density at radius 3 is 2.80 bits per heavy atom. The highest BCUT2D eigenvalue weighted by atomic mass is 32.1. The summed E-state index contributed by atoms with van der Waals surface area (Å²) in [5.74, 6) is 1.87. The van der Waals surface area contributed by atoms with E-state index in [9.17, 15) is 4.79 Å². The Labute approximate surface area is 151 Å². The van der Waals surface area contributed by atoms with Crippen molar-refractivity contribution in [2.24, 2.45) is 11.7 Å². The monoisotopic (exact) mass is 361 g/mol. The summed E-state index contributed by atoms with van der Waals surface area (Å²) in [7, 11) is 3.21. The van der Waals surface area contributed by atoms with E-state index in [4.69, 9.17) is 15.2 Å². The third-order valence-electron chi connectivity index (χ3n) is 4.29. The van der Waals surface area contributed by atoms with Crippen LogP contribution in [0.25, 0.3) is 10.6 Å². The number of ether oxygens (including phenoxy) is 2. The minimum absolute atomic E-state index is 0.0414. The molecule has 1 atom stereocenters. The zero-order chi connectivity index (χ0) is 17.8. The number of carbonyl (C=O) groups is 1. The van der Waals surface area contributed by atoms with Crippen LogP contribution in [0.2, 0.25) is 0 Å². The van der Waals surface area contributed by atoms with Gasteiger partial charge in [0.15, 0.2) is 11.5 Å². The number of thiazole rings is 1. The molecular weight excluding hydrogens is 338 g/mol. The number of aromatic nitrogens is 1. The summed E-state index contributed by atoms with van der Waals surface area (Å²) in [4.78, 5) is 16.6. The highest BCUT2D eigenvalue weighted by Gasteiger charge is 2.28. The number of nitrogens with one attached hydrogen (secondary N) is 1. The lowest BCUT2D eigenvalue weighted by molar-refractivity contribution is -0.120. The molecule has 1 fully saturated rings. The molecule has 0 aliphatic heterocycles. The maximum absolute atomic E-state index is 12.1. The van der Waals surface area contributed by atoms with Crippen LogP contribution in [0, 0.1) is 5.92 Å². The Bertz CT molecular complexity index is 743. The lowest BCUT2D eigenvalue weighted by Crippen LogP contribution is -2.39. The largest absolute Gasteiger partial charge is 0.493 e. The smallest absolute Gasteiger partial charge is 0.226 e. The van der Waals surface area contributed by atoms with Crippen LogP contribution in [0.1, 0.15) is 18.5 Å². The topological polar surface area (TPSA) is 86.5 Å². The van der Waals surface area contributed by atoms with Crippen molar-refractivity contribution in [3.05, 3.63) is 29.3 Å². The zero-order valence-electron chi connectivity index (χ0n) is 14.5. The molecule has 0 saturated heterocycles. The molecule has 2 aromatic rings. The first-order valence-corrected chi connectivity index (χ1v) is 9.17. The molecule has 3 rings (SSSR count). The van der Waals surface area contributed by atoms with Gasteiger partial charge in [-0.05, 0) is 37.0 Å². The number of rotatable bonds is 8. The van der Waals surface area contributed by atoms with Gasteiger partial charge in [0.1, 0.15) is 5.01 Å². The predicted octanol–water partition coefficient (Wildman–Crippen LogP) is 2.22. The normalized spacial score (nSPS) is 14.8. The number of amides is 1. The van der Waals surface area contributed by atoms with Crippen LogP contribution >= 0.6 is 11.3 Å². The third-order valence-corrected chi connectivity index (χ3v) is 5.23. The second-order valence-electron chi connectivity index (χ2n) is 6.20. The number of nitrogens with zero attached hydrogens (tertiary/aromatic N) is 1. The van der Waals surface area contributed by atoms with Crippen molar-refractivity contribution >= 4 is 17.2 Å². The average Bonchev–Trinajstić information content (AvgIpc) is 3.38. The molecule has 1 aromatic heterocycles. The molecule has 7 heteroatoms. The minimum Gasteiger partial charge on any atom is -0.493 e. The van der Waals surface area contributed by atoms with Gasteiger partial charge in [0, 0.05) is 23.5 Å². The fraction of sp³-hybridized carbons (Fsp3) is 0.444. The molecule has 1 unspecified atom stereocenters. The summed E-state index contributed by atoms with van der Waals surface area (Å²) >= 11 is 1.50. The Balaban J connectivity index is 1.60. The molecule has 0 radical (unpaired) electrons. The highest BCUT2D eigenvalue weighted by Crippen LogP contribution is 2.33. The van der Waals surface area contributed by atoms with E-state index in [0.717, 1.165) is 16.3 Å². The maximum Gasteiger partial charge on any atom is 0.226 e. The van der Waals surface area contributed by atoms with E-state index in [0.29, 0.717) is 24.0 Å². The van der Waals surface area contributed by atoms with Crippen molar-refractivity contribution in [2.45, 2.75) is 25.3 Å². The molecule has 1 aliphatic carbocycles. The van der Waals surface area contributed by atoms with E-state index in [1.54, 1.807) is 14.2 Å². The van der Waals surface area contributed by atoms with Crippen LogP contribution in [0.3, 0.4) is 0 Å². The van der Waals surface area contributed by atoms with Gasteiger partial charge in [-0.2, -0.15) is 0 Å². The first kappa shape index (κ1) is 17.7. The van der Waals surface area contributed by atoms with Gasteiger partial charge >= 0.3 is 0 Å². The molecule has 25 heavy (non-hydrogen) atoms. The van der Waals surface area contributed by atoms with Gasteiger partial charge in [0.2, 0.25) is 5.91 Å². The van der Waals surface area contributed by atoms with Gasteiger partial charge in [0.05, 0.1) is 26.3 Å². The van der Waals surface area contributed by atoms with E-state index >= 15 is 0 Å². The summed E-state index contributed by atoms with van der Waals surface area (Å²) in [6.07, 6.45) is 2.62. The quantitative estimate of drug-likeness (QED) is 0.753. The molecular formula is C18H23N3O3S. The van der Waals surface area contributed by atoms with Crippen molar-refractivity contribution in [2.75, 3.05) is 20.8 Å². The molecule has 1 aliphatic rings. The molecule has 134 valence electrons. The molecule has 1 heterocycles. The first-order valence-electron chi connectivity index (χ1n) is 8.29. The van der Waals surface area contributed by atoms with Crippen LogP contribution in [-0.4, -0.2) is 37.7 Å². The summed E-state index contributed by atoms with van der Waals surface area (Å²) in [5, 5.41) is 5.65. The van der Waals surface area contributed by atoms with Gasteiger partial charge in [-0.15, -0.1) is 11.3 Å². The van der Waals surface area contributed by atoms with Crippen molar-refractivity contribution in [3.8, 4) is 22.1 Å². The Morgan fingerprint density at radius 2 is 2.12 bits per heavy atom. The summed E-state index contributed by atoms with van der Waals surface area (Å²) < 4.78 is 10.6. The molecule has 1 amide bonds. The fourth-order valence-corrected chi connectivity index (χ4v) is 3.46. The Morgan fingerprint density at radius 1 is 1.36 bits per heavy atom. The van der Waals surface area contributed by atoms with Gasteiger partial charge in [-0.1, -0.05) is 0 Å². The van der Waals surface area contributed by atoms with Gasteiger partial charge in [0.25, 0.3) is 0 Å². The highest BCUT2D eigenvalue weighted by molar-refractivity contribution is 7.13. The number of methoxy groups -OCH3 is 2. The number of nitrogens with two attached hydrogens (primary N) is 1. The lowest BCUT2D eigenvalue weighted by Gasteiger charge is -2.10. The van der Waals surface area contributed by atoms with E-state index < -0.39 is 0 Å². The Kier molecular flexibility index (Phi) is 5.55. The van der Waals surface area contributed by atoms with Crippen molar-refractivity contribution in [1.82, 2.24) is 10.3 Å². The van der Waals surface area contributed by atoms with Gasteiger partial charge in [-0.3, -0.25) is 4.79 Å². The summed E-state index contributed by atoms with van der Waals surface area (Å²) in [6.45, 7) is 0.538. The third kappa shape index (κ3) is 4.49. The zero-order valence-corrected chi connectivity index (χ0v) is 15.3. The molecule has 1 aromatic carbocycles. The van der Waals surface area contributed by atoms with Crippen molar-refractivity contribution < 1.29 is 14.3 Å². The molecule has 1 saturated carbocycles. The maximum atomic E-state index is 12.1. The van der Waals surface area contributed by atoms with Crippen LogP contribution in [0.4, 0.5) is 0 Å². The molecule has 6 nitrogen and oxygen atoms in total. The second kappa shape index (κ2) is 7.84. The van der Waals surface area contributed by atoms with E-state index in [1.807, 2.05) is 23.6 Å². The van der Waals surface area contributed by atoms with Crippen LogP contribution in [0.15, 0.2) is 23.6 Å². The standard InChI is InChI=1S/C18H23N3O3S/c1-23-15-6-5-12(7-16(15)24-2)18-21-13(10-25-18)8-17(22)20-9-14(19)11-3-4-11/h5-7,10-11,14H,3-4,8-9,19H2,1-2H3,(H,20,22). The predicted molar refractivity (Wildman–Crippen MR) is 98.1 cm³/mol.